The number of ether oxygens (including phenoxy) is 1. The highest BCUT2D eigenvalue weighted by atomic mass is 35.5. The number of nitrogens with one attached hydrogen (secondary N) is 2. The van der Waals surface area contributed by atoms with Gasteiger partial charge in [-0.1, -0.05) is 23.7 Å². The summed E-state index contributed by atoms with van der Waals surface area (Å²) in [6.45, 7) is 1.49. The van der Waals surface area contributed by atoms with Crippen LogP contribution in [-0.4, -0.2) is 32.1 Å². The maximum atomic E-state index is 11.9. The van der Waals surface area contributed by atoms with Crippen molar-refractivity contribution >= 4 is 29.9 Å². The van der Waals surface area contributed by atoms with E-state index >= 15 is 0 Å². The Morgan fingerprint density at radius 1 is 1.48 bits per heavy atom. The first kappa shape index (κ1) is 18.2. The molecule has 2 rings (SSSR count). The monoisotopic (exact) mass is 332 g/mol. The molecule has 2 unspecified atom stereocenters. The van der Waals surface area contributed by atoms with Gasteiger partial charge in [-0.25, -0.2) is 0 Å². The van der Waals surface area contributed by atoms with E-state index in [2.05, 4.69) is 10.6 Å². The van der Waals surface area contributed by atoms with Gasteiger partial charge in [-0.05, 0) is 37.1 Å². The molecular formula is C15H22Cl2N2O2. The Balaban J connectivity index is 0.00000220. The Morgan fingerprint density at radius 3 is 2.76 bits per heavy atom. The van der Waals surface area contributed by atoms with Crippen LogP contribution >= 0.6 is 24.0 Å². The van der Waals surface area contributed by atoms with Crippen molar-refractivity contribution in [3.8, 4) is 0 Å². The van der Waals surface area contributed by atoms with Crippen LogP contribution < -0.4 is 10.6 Å². The van der Waals surface area contributed by atoms with Crippen molar-refractivity contribution < 1.29 is 9.53 Å². The van der Waals surface area contributed by atoms with Crippen LogP contribution in [0.25, 0.3) is 0 Å². The molecule has 0 saturated carbocycles. The molecule has 1 saturated heterocycles. The first-order valence-electron chi connectivity index (χ1n) is 6.97. The van der Waals surface area contributed by atoms with Gasteiger partial charge in [0.05, 0.1) is 6.10 Å². The van der Waals surface area contributed by atoms with Gasteiger partial charge in [-0.3, -0.25) is 4.79 Å². The molecule has 0 spiro atoms. The van der Waals surface area contributed by atoms with Crippen LogP contribution in [0.15, 0.2) is 24.3 Å². The molecule has 1 aliphatic heterocycles. The molecule has 6 heteroatoms. The molecule has 1 heterocycles. The Morgan fingerprint density at radius 2 is 2.19 bits per heavy atom. The highest BCUT2D eigenvalue weighted by Crippen LogP contribution is 2.18. The number of rotatable bonds is 6. The summed E-state index contributed by atoms with van der Waals surface area (Å²) in [6, 6.07) is 7.81. The minimum Gasteiger partial charge on any atom is -0.375 e. The Labute approximate surface area is 137 Å². The molecule has 1 amide bonds. The van der Waals surface area contributed by atoms with Crippen molar-refractivity contribution in [2.45, 2.75) is 31.4 Å². The summed E-state index contributed by atoms with van der Waals surface area (Å²) >= 11 is 5.86. The molecule has 4 nitrogen and oxygen atoms in total. The fourth-order valence-electron chi connectivity index (χ4n) is 2.45. The zero-order valence-corrected chi connectivity index (χ0v) is 13.7. The zero-order chi connectivity index (χ0) is 14.4. The van der Waals surface area contributed by atoms with Crippen molar-refractivity contribution in [2.24, 2.45) is 0 Å². The van der Waals surface area contributed by atoms with Crippen LogP contribution in [0.4, 0.5) is 0 Å². The number of carbonyl (C=O) groups is 1. The summed E-state index contributed by atoms with van der Waals surface area (Å²) in [6.07, 6.45) is 2.63. The third-order valence-corrected chi connectivity index (χ3v) is 3.86. The third-order valence-electron chi connectivity index (χ3n) is 3.61. The lowest BCUT2D eigenvalue weighted by atomic mass is 10.1. The molecule has 2 atom stereocenters. The van der Waals surface area contributed by atoms with Gasteiger partial charge in [0.15, 0.2) is 0 Å². The average Bonchev–Trinajstić information content (AvgIpc) is 2.94. The van der Waals surface area contributed by atoms with Gasteiger partial charge in [-0.2, -0.15) is 0 Å². The molecule has 0 bridgehead atoms. The van der Waals surface area contributed by atoms with E-state index < -0.39 is 0 Å². The number of methoxy groups -OCH3 is 1. The molecule has 1 aromatic carbocycles. The fourth-order valence-corrected chi connectivity index (χ4v) is 2.57. The molecule has 1 fully saturated rings. The van der Waals surface area contributed by atoms with E-state index in [9.17, 15) is 4.79 Å². The molecule has 2 N–H and O–H groups in total. The largest absolute Gasteiger partial charge is 0.375 e. The van der Waals surface area contributed by atoms with E-state index in [4.69, 9.17) is 16.3 Å². The average molecular weight is 333 g/mol. The van der Waals surface area contributed by atoms with Gasteiger partial charge in [0.1, 0.15) is 0 Å². The van der Waals surface area contributed by atoms with Crippen molar-refractivity contribution in [1.29, 1.82) is 0 Å². The normalized spacial score (nSPS) is 18.9. The predicted octanol–water partition coefficient (Wildman–Crippen LogP) is 2.71. The summed E-state index contributed by atoms with van der Waals surface area (Å²) < 4.78 is 5.42. The second-order valence-corrected chi connectivity index (χ2v) is 5.51. The van der Waals surface area contributed by atoms with Crippen LogP contribution in [-0.2, 0) is 9.53 Å². The van der Waals surface area contributed by atoms with Crippen LogP contribution in [0.3, 0.4) is 0 Å². The van der Waals surface area contributed by atoms with Crippen LogP contribution in [0, 0.1) is 0 Å². The number of halogens is 2. The summed E-state index contributed by atoms with van der Waals surface area (Å²) in [5, 5.41) is 6.95. The molecule has 1 aliphatic rings. The van der Waals surface area contributed by atoms with Crippen LogP contribution in [0.2, 0.25) is 5.02 Å². The van der Waals surface area contributed by atoms with Crippen LogP contribution in [0.1, 0.15) is 30.9 Å². The standard InChI is InChI=1S/C15H21ClN2O2.ClH/c1-20-14(11-4-6-12(16)7-5-11)10-18-15(19)9-13-3-2-8-17-13;/h4-7,13-14,17H,2-3,8-10H2,1H3,(H,18,19);1H. The number of hydrogen-bond donors (Lipinski definition) is 2. The maximum Gasteiger partial charge on any atom is 0.221 e. The van der Waals surface area contributed by atoms with Gasteiger partial charge in [0, 0.05) is 31.1 Å². The Hall–Kier alpha value is -0.810. The first-order chi connectivity index (χ1) is 9.69. The second-order valence-electron chi connectivity index (χ2n) is 5.08. The van der Waals surface area contributed by atoms with E-state index in [1.54, 1.807) is 7.11 Å². The molecular weight excluding hydrogens is 311 g/mol. The number of carbonyl (C=O) groups excluding carboxylic acids is 1. The first-order valence-corrected chi connectivity index (χ1v) is 7.35. The van der Waals surface area contributed by atoms with Gasteiger partial charge in [-0.15, -0.1) is 12.4 Å². The van der Waals surface area contributed by atoms with Gasteiger partial charge >= 0.3 is 0 Å². The molecule has 118 valence electrons. The van der Waals surface area contributed by atoms with Crippen molar-refractivity contribution in [1.82, 2.24) is 10.6 Å². The number of benzene rings is 1. The SMILES string of the molecule is COC(CNC(=O)CC1CCCN1)c1ccc(Cl)cc1.Cl. The lowest BCUT2D eigenvalue weighted by Crippen LogP contribution is -2.34. The number of amides is 1. The van der Waals surface area contributed by atoms with Crippen molar-refractivity contribution in [3.63, 3.8) is 0 Å². The third kappa shape index (κ3) is 5.83. The second kappa shape index (κ2) is 9.26. The zero-order valence-electron chi connectivity index (χ0n) is 12.1. The lowest BCUT2D eigenvalue weighted by molar-refractivity contribution is -0.122. The molecule has 0 aliphatic carbocycles. The maximum absolute atomic E-state index is 11.9. The molecule has 21 heavy (non-hydrogen) atoms. The molecule has 0 aromatic heterocycles. The van der Waals surface area contributed by atoms with E-state index in [1.165, 1.54) is 0 Å². The van der Waals surface area contributed by atoms with Gasteiger partial charge < -0.3 is 15.4 Å². The topological polar surface area (TPSA) is 50.4 Å². The quantitative estimate of drug-likeness (QED) is 0.842. The van der Waals surface area contributed by atoms with Crippen molar-refractivity contribution in [3.05, 3.63) is 34.9 Å². The highest BCUT2D eigenvalue weighted by molar-refractivity contribution is 6.30. The van der Waals surface area contributed by atoms with E-state index in [1.807, 2.05) is 24.3 Å². The minimum atomic E-state index is -0.146. The fraction of sp³-hybridized carbons (Fsp3) is 0.533. The Bertz CT molecular complexity index is 434. The predicted molar refractivity (Wildman–Crippen MR) is 87.1 cm³/mol. The molecule has 0 radical (unpaired) electrons. The van der Waals surface area contributed by atoms with Gasteiger partial charge in [0.25, 0.3) is 0 Å². The lowest BCUT2D eigenvalue weighted by Gasteiger charge is -2.17. The Kier molecular flexibility index (Phi) is 8.04. The van der Waals surface area contributed by atoms with E-state index in [0.717, 1.165) is 24.9 Å². The summed E-state index contributed by atoms with van der Waals surface area (Å²) in [5.74, 6) is 0.0698. The summed E-state index contributed by atoms with van der Waals surface area (Å²) in [4.78, 5) is 11.9. The van der Waals surface area contributed by atoms with E-state index in [-0.39, 0.29) is 24.4 Å². The summed E-state index contributed by atoms with van der Waals surface area (Å²) in [7, 11) is 1.64. The van der Waals surface area contributed by atoms with E-state index in [0.29, 0.717) is 24.0 Å². The smallest absolute Gasteiger partial charge is 0.221 e. The van der Waals surface area contributed by atoms with Gasteiger partial charge in [0.2, 0.25) is 5.91 Å². The minimum absolute atomic E-state index is 0. The summed E-state index contributed by atoms with van der Waals surface area (Å²) in [5.41, 5.74) is 1.01. The highest BCUT2D eigenvalue weighted by Gasteiger charge is 2.18. The molecule has 1 aromatic rings. The number of hydrogen-bond acceptors (Lipinski definition) is 3. The van der Waals surface area contributed by atoms with Crippen LogP contribution in [0.5, 0.6) is 0 Å². The van der Waals surface area contributed by atoms with Crippen molar-refractivity contribution in [2.75, 3.05) is 20.2 Å².